The van der Waals surface area contributed by atoms with Gasteiger partial charge in [0.1, 0.15) is 5.75 Å². The molecule has 1 aliphatic rings. The van der Waals surface area contributed by atoms with E-state index in [0.29, 0.717) is 17.9 Å². The van der Waals surface area contributed by atoms with Crippen molar-refractivity contribution in [3.8, 4) is 11.4 Å². The van der Waals surface area contributed by atoms with Crippen LogP contribution in [0.15, 0.2) is 53.0 Å². The van der Waals surface area contributed by atoms with Crippen LogP contribution in [-0.2, 0) is 19.4 Å². The Kier molecular flexibility index (Phi) is 4.99. The van der Waals surface area contributed by atoms with Gasteiger partial charge in [0.05, 0.1) is 30.6 Å². The third-order valence-electron chi connectivity index (χ3n) is 4.85. The summed E-state index contributed by atoms with van der Waals surface area (Å²) in [5, 5.41) is 7.79. The zero-order valence-electron chi connectivity index (χ0n) is 15.0. The lowest BCUT2D eigenvalue weighted by atomic mass is 10.1. The van der Waals surface area contributed by atoms with E-state index in [0.717, 1.165) is 35.1 Å². The minimum Gasteiger partial charge on any atom is -0.497 e. The largest absolute Gasteiger partial charge is 0.497 e. The van der Waals surface area contributed by atoms with E-state index in [9.17, 15) is 4.79 Å². The van der Waals surface area contributed by atoms with Crippen molar-refractivity contribution in [2.45, 2.75) is 25.8 Å². The summed E-state index contributed by atoms with van der Waals surface area (Å²) >= 11 is 3.43. The molecule has 3 aromatic rings. The summed E-state index contributed by atoms with van der Waals surface area (Å²) in [6.07, 6.45) is 3.16. The second kappa shape index (κ2) is 7.56. The number of carbonyl (C=O) groups excluding carboxylic acids is 1. The minimum absolute atomic E-state index is 0.151. The molecular formula is C21H20BrN3O2. The van der Waals surface area contributed by atoms with Crippen LogP contribution in [0.2, 0.25) is 0 Å². The molecule has 0 aliphatic heterocycles. The number of para-hydroxylation sites is 1. The lowest BCUT2D eigenvalue weighted by Gasteiger charge is -2.08. The van der Waals surface area contributed by atoms with Gasteiger partial charge in [-0.15, -0.1) is 0 Å². The number of ether oxygens (including phenoxy) is 1. The minimum atomic E-state index is -0.151. The number of nitrogens with one attached hydrogen (secondary N) is 1. The highest BCUT2D eigenvalue weighted by atomic mass is 79.9. The molecule has 0 radical (unpaired) electrons. The molecule has 0 unspecified atom stereocenters. The van der Waals surface area contributed by atoms with Crippen molar-refractivity contribution in [3.05, 3.63) is 75.5 Å². The van der Waals surface area contributed by atoms with Crippen molar-refractivity contribution < 1.29 is 9.53 Å². The Morgan fingerprint density at radius 3 is 2.81 bits per heavy atom. The quantitative estimate of drug-likeness (QED) is 0.670. The van der Waals surface area contributed by atoms with Gasteiger partial charge >= 0.3 is 0 Å². The predicted octanol–water partition coefficient (Wildman–Crippen LogP) is 4.06. The third-order valence-corrected chi connectivity index (χ3v) is 5.54. The average Bonchev–Trinajstić information content (AvgIpc) is 3.30. The van der Waals surface area contributed by atoms with Crippen LogP contribution in [0.4, 0.5) is 0 Å². The topological polar surface area (TPSA) is 56.1 Å². The number of fused-ring (bicyclic) bond motifs is 1. The van der Waals surface area contributed by atoms with E-state index in [2.05, 4.69) is 33.4 Å². The Labute approximate surface area is 166 Å². The van der Waals surface area contributed by atoms with E-state index in [4.69, 9.17) is 9.84 Å². The van der Waals surface area contributed by atoms with Crippen LogP contribution in [0.5, 0.6) is 5.75 Å². The first-order chi connectivity index (χ1) is 13.2. The summed E-state index contributed by atoms with van der Waals surface area (Å²) in [5.74, 6) is 0.499. The number of amides is 1. The smallest absolute Gasteiger partial charge is 0.252 e. The highest BCUT2D eigenvalue weighted by Crippen LogP contribution is 2.28. The first-order valence-corrected chi connectivity index (χ1v) is 9.73. The molecule has 0 fully saturated rings. The molecule has 0 spiro atoms. The molecule has 6 heteroatoms. The SMILES string of the molecule is COc1ccc(Br)c(C(=O)NCc2nn(-c3ccccc3)c3c2CCC3)c1. The lowest BCUT2D eigenvalue weighted by Crippen LogP contribution is -2.24. The van der Waals surface area contributed by atoms with Gasteiger partial charge in [0.2, 0.25) is 0 Å². The first-order valence-electron chi connectivity index (χ1n) is 8.94. The van der Waals surface area contributed by atoms with Crippen LogP contribution >= 0.6 is 15.9 Å². The van der Waals surface area contributed by atoms with Crippen LogP contribution in [0, 0.1) is 0 Å². The van der Waals surface area contributed by atoms with Gasteiger partial charge in [-0.3, -0.25) is 4.79 Å². The van der Waals surface area contributed by atoms with Crippen LogP contribution in [0.3, 0.4) is 0 Å². The molecule has 0 bridgehead atoms. The second-order valence-electron chi connectivity index (χ2n) is 6.50. The monoisotopic (exact) mass is 425 g/mol. The molecule has 0 saturated carbocycles. The number of halogens is 1. The number of carbonyl (C=O) groups is 1. The van der Waals surface area contributed by atoms with Gasteiger partial charge in [-0.2, -0.15) is 5.10 Å². The Morgan fingerprint density at radius 1 is 1.22 bits per heavy atom. The Bertz CT molecular complexity index is 983. The molecule has 2 aromatic carbocycles. The maximum absolute atomic E-state index is 12.7. The summed E-state index contributed by atoms with van der Waals surface area (Å²) in [4.78, 5) is 12.7. The van der Waals surface area contributed by atoms with Gasteiger partial charge in [0, 0.05) is 10.2 Å². The number of aromatic nitrogens is 2. The highest BCUT2D eigenvalue weighted by molar-refractivity contribution is 9.10. The molecule has 1 N–H and O–H groups in total. The van der Waals surface area contributed by atoms with Crippen molar-refractivity contribution in [3.63, 3.8) is 0 Å². The highest BCUT2D eigenvalue weighted by Gasteiger charge is 2.23. The zero-order valence-corrected chi connectivity index (χ0v) is 16.6. The van der Waals surface area contributed by atoms with Crippen LogP contribution in [0.25, 0.3) is 5.69 Å². The van der Waals surface area contributed by atoms with E-state index in [1.165, 1.54) is 11.3 Å². The Hall–Kier alpha value is -2.60. The second-order valence-corrected chi connectivity index (χ2v) is 7.36. The molecular weight excluding hydrogens is 406 g/mol. The fourth-order valence-electron chi connectivity index (χ4n) is 3.50. The van der Waals surface area contributed by atoms with Crippen molar-refractivity contribution in [1.82, 2.24) is 15.1 Å². The number of methoxy groups -OCH3 is 1. The predicted molar refractivity (Wildman–Crippen MR) is 107 cm³/mol. The average molecular weight is 426 g/mol. The van der Waals surface area contributed by atoms with Crippen molar-refractivity contribution >= 4 is 21.8 Å². The maximum atomic E-state index is 12.7. The fraction of sp³-hybridized carbons (Fsp3) is 0.238. The molecule has 4 rings (SSSR count). The summed E-state index contributed by atoms with van der Waals surface area (Å²) in [5.41, 5.74) is 5.08. The number of hydrogen-bond donors (Lipinski definition) is 1. The third kappa shape index (κ3) is 3.49. The van der Waals surface area contributed by atoms with E-state index in [1.54, 1.807) is 13.2 Å². The molecule has 1 aromatic heterocycles. The molecule has 138 valence electrons. The zero-order chi connectivity index (χ0) is 18.8. The van der Waals surface area contributed by atoms with Gasteiger partial charge in [-0.05, 0) is 71.1 Å². The van der Waals surface area contributed by atoms with E-state index in [1.807, 2.05) is 35.0 Å². The van der Waals surface area contributed by atoms with Crippen LogP contribution in [-0.4, -0.2) is 22.8 Å². The normalized spacial score (nSPS) is 12.7. The summed E-state index contributed by atoms with van der Waals surface area (Å²) < 4.78 is 7.98. The standard InChI is InChI=1S/C21H20BrN3O2/c1-27-15-10-11-18(22)17(12-15)21(26)23-13-19-16-8-5-9-20(16)25(24-19)14-6-3-2-4-7-14/h2-4,6-7,10-12H,5,8-9,13H2,1H3,(H,23,26). The molecule has 1 heterocycles. The lowest BCUT2D eigenvalue weighted by molar-refractivity contribution is 0.0949. The fourth-order valence-corrected chi connectivity index (χ4v) is 3.93. The summed E-state index contributed by atoms with van der Waals surface area (Å²) in [7, 11) is 1.59. The molecule has 5 nitrogen and oxygen atoms in total. The van der Waals surface area contributed by atoms with Crippen molar-refractivity contribution in [2.24, 2.45) is 0 Å². The Morgan fingerprint density at radius 2 is 2.04 bits per heavy atom. The van der Waals surface area contributed by atoms with E-state index in [-0.39, 0.29) is 5.91 Å². The molecule has 1 amide bonds. The van der Waals surface area contributed by atoms with Gasteiger partial charge < -0.3 is 10.1 Å². The van der Waals surface area contributed by atoms with Crippen LogP contribution in [0.1, 0.15) is 33.7 Å². The van der Waals surface area contributed by atoms with E-state index >= 15 is 0 Å². The number of nitrogens with zero attached hydrogens (tertiary/aromatic N) is 2. The number of hydrogen-bond acceptors (Lipinski definition) is 3. The molecule has 0 atom stereocenters. The van der Waals surface area contributed by atoms with Crippen molar-refractivity contribution in [1.29, 1.82) is 0 Å². The summed E-state index contributed by atoms with van der Waals surface area (Å²) in [6, 6.07) is 15.5. The molecule has 1 aliphatic carbocycles. The Balaban J connectivity index is 1.57. The molecule has 27 heavy (non-hydrogen) atoms. The maximum Gasteiger partial charge on any atom is 0.252 e. The first kappa shape index (κ1) is 17.8. The van der Waals surface area contributed by atoms with Gasteiger partial charge in [0.15, 0.2) is 0 Å². The summed E-state index contributed by atoms with van der Waals surface area (Å²) in [6.45, 7) is 0.407. The van der Waals surface area contributed by atoms with Gasteiger partial charge in [-0.25, -0.2) is 4.68 Å². The van der Waals surface area contributed by atoms with Gasteiger partial charge in [-0.1, -0.05) is 18.2 Å². The van der Waals surface area contributed by atoms with Crippen LogP contribution < -0.4 is 10.1 Å². The number of rotatable bonds is 5. The number of benzene rings is 2. The van der Waals surface area contributed by atoms with Crippen molar-refractivity contribution in [2.75, 3.05) is 7.11 Å². The van der Waals surface area contributed by atoms with E-state index < -0.39 is 0 Å². The van der Waals surface area contributed by atoms with Gasteiger partial charge in [0.25, 0.3) is 5.91 Å². The molecule has 0 saturated heterocycles.